The molecular formula is C17H26N2O. The molecule has 0 atom stereocenters. The molecule has 0 aliphatic rings. The summed E-state index contributed by atoms with van der Waals surface area (Å²) in [5, 5.41) is 12.4. The molecule has 1 N–H and O–H groups in total. The Morgan fingerprint density at radius 2 is 2.10 bits per heavy atom. The van der Waals surface area contributed by atoms with Crippen LogP contribution in [0.3, 0.4) is 0 Å². The van der Waals surface area contributed by atoms with Crippen molar-refractivity contribution < 1.29 is 4.74 Å². The zero-order valence-electron chi connectivity index (χ0n) is 13.1. The first-order valence-electron chi connectivity index (χ1n) is 7.33. The molecule has 0 aliphatic heterocycles. The summed E-state index contributed by atoms with van der Waals surface area (Å²) in [6, 6.07) is 8.55. The predicted octanol–water partition coefficient (Wildman–Crippen LogP) is 3.81. The van der Waals surface area contributed by atoms with Gasteiger partial charge in [-0.2, -0.15) is 5.26 Å². The first-order valence-corrected chi connectivity index (χ1v) is 7.33. The van der Waals surface area contributed by atoms with Crippen LogP contribution in [0.2, 0.25) is 0 Å². The van der Waals surface area contributed by atoms with Crippen molar-refractivity contribution in [2.75, 3.05) is 13.2 Å². The van der Waals surface area contributed by atoms with Gasteiger partial charge < -0.3 is 10.1 Å². The molecule has 1 rings (SSSR count). The van der Waals surface area contributed by atoms with E-state index in [1.807, 2.05) is 19.9 Å². The maximum absolute atomic E-state index is 9.01. The smallest absolute Gasteiger partial charge is 0.123 e. The van der Waals surface area contributed by atoms with Crippen molar-refractivity contribution in [1.82, 2.24) is 5.32 Å². The molecule has 0 aliphatic carbocycles. The monoisotopic (exact) mass is 274 g/mol. The standard InChI is InChI=1S/C17H26N2O/c1-5-9-19-12-15-11-14(2)6-7-16(15)20-10-8-17(3,4)13-18/h6-7,11,19H,5,8-10,12H2,1-4H3. The maximum atomic E-state index is 9.01. The Bertz CT molecular complexity index is 461. The fourth-order valence-electron chi connectivity index (χ4n) is 1.86. The van der Waals surface area contributed by atoms with E-state index in [9.17, 15) is 0 Å². The van der Waals surface area contributed by atoms with Crippen molar-refractivity contribution in [1.29, 1.82) is 5.26 Å². The first kappa shape index (κ1) is 16.5. The van der Waals surface area contributed by atoms with Crippen LogP contribution in [0.4, 0.5) is 0 Å². The molecule has 0 spiro atoms. The fraction of sp³-hybridized carbons (Fsp3) is 0.588. The summed E-state index contributed by atoms with van der Waals surface area (Å²) in [5.74, 6) is 0.924. The summed E-state index contributed by atoms with van der Waals surface area (Å²) in [5.41, 5.74) is 2.10. The molecule has 0 amide bonds. The first-order chi connectivity index (χ1) is 9.48. The second-order valence-corrected chi connectivity index (χ2v) is 5.88. The molecule has 0 unspecified atom stereocenters. The molecule has 3 nitrogen and oxygen atoms in total. The molecule has 1 aromatic carbocycles. The Morgan fingerprint density at radius 1 is 1.35 bits per heavy atom. The van der Waals surface area contributed by atoms with Gasteiger partial charge in [0.25, 0.3) is 0 Å². The van der Waals surface area contributed by atoms with Gasteiger partial charge in [-0.15, -0.1) is 0 Å². The average molecular weight is 274 g/mol. The van der Waals surface area contributed by atoms with Gasteiger partial charge in [-0.25, -0.2) is 0 Å². The maximum Gasteiger partial charge on any atom is 0.123 e. The van der Waals surface area contributed by atoms with Gasteiger partial charge >= 0.3 is 0 Å². The molecule has 20 heavy (non-hydrogen) atoms. The number of nitriles is 1. The van der Waals surface area contributed by atoms with E-state index in [4.69, 9.17) is 10.00 Å². The minimum atomic E-state index is -0.328. The zero-order chi connectivity index (χ0) is 15.0. The lowest BCUT2D eigenvalue weighted by molar-refractivity contribution is 0.262. The largest absolute Gasteiger partial charge is 0.493 e. The highest BCUT2D eigenvalue weighted by atomic mass is 16.5. The lowest BCUT2D eigenvalue weighted by Crippen LogP contribution is -2.16. The molecule has 0 bridgehead atoms. The van der Waals surface area contributed by atoms with Crippen LogP contribution >= 0.6 is 0 Å². The van der Waals surface area contributed by atoms with Crippen LogP contribution in [0.15, 0.2) is 18.2 Å². The topological polar surface area (TPSA) is 45.0 Å². The highest BCUT2D eigenvalue weighted by Crippen LogP contribution is 2.23. The lowest BCUT2D eigenvalue weighted by Gasteiger charge is -2.17. The van der Waals surface area contributed by atoms with Crippen molar-refractivity contribution in [3.8, 4) is 11.8 Å². The van der Waals surface area contributed by atoms with Crippen LogP contribution in [0.5, 0.6) is 5.75 Å². The number of rotatable bonds is 8. The van der Waals surface area contributed by atoms with Crippen molar-refractivity contribution in [2.24, 2.45) is 5.41 Å². The molecule has 0 saturated heterocycles. The number of hydrogen-bond donors (Lipinski definition) is 1. The SMILES string of the molecule is CCCNCc1cc(C)ccc1OCCC(C)(C)C#N. The predicted molar refractivity (Wildman–Crippen MR) is 82.7 cm³/mol. The van der Waals surface area contributed by atoms with E-state index in [-0.39, 0.29) is 5.41 Å². The van der Waals surface area contributed by atoms with Crippen molar-refractivity contribution in [3.05, 3.63) is 29.3 Å². The molecule has 0 fully saturated rings. The molecule has 0 radical (unpaired) electrons. The molecular weight excluding hydrogens is 248 g/mol. The summed E-state index contributed by atoms with van der Waals surface area (Å²) in [6.07, 6.45) is 1.86. The van der Waals surface area contributed by atoms with Crippen molar-refractivity contribution >= 4 is 0 Å². The quantitative estimate of drug-likeness (QED) is 0.733. The van der Waals surface area contributed by atoms with Crippen LogP contribution in [-0.4, -0.2) is 13.2 Å². The Kier molecular flexibility index (Phi) is 6.54. The number of nitrogens with one attached hydrogen (secondary N) is 1. The summed E-state index contributed by atoms with van der Waals surface area (Å²) < 4.78 is 5.87. The van der Waals surface area contributed by atoms with Gasteiger partial charge in [-0.05, 0) is 46.2 Å². The summed E-state index contributed by atoms with van der Waals surface area (Å²) in [7, 11) is 0. The highest BCUT2D eigenvalue weighted by molar-refractivity contribution is 5.36. The minimum absolute atomic E-state index is 0.328. The summed E-state index contributed by atoms with van der Waals surface area (Å²) in [6.45, 7) is 10.5. The van der Waals surface area contributed by atoms with Gasteiger partial charge in [-0.3, -0.25) is 0 Å². The fourth-order valence-corrected chi connectivity index (χ4v) is 1.86. The molecule has 0 heterocycles. The molecule has 0 aromatic heterocycles. The normalized spacial score (nSPS) is 11.2. The minimum Gasteiger partial charge on any atom is -0.493 e. The molecule has 0 saturated carbocycles. The number of hydrogen-bond acceptors (Lipinski definition) is 3. The second kappa shape index (κ2) is 7.91. The Morgan fingerprint density at radius 3 is 2.75 bits per heavy atom. The Hall–Kier alpha value is -1.53. The van der Waals surface area contributed by atoms with E-state index >= 15 is 0 Å². The van der Waals surface area contributed by atoms with Gasteiger partial charge in [0, 0.05) is 12.1 Å². The van der Waals surface area contributed by atoms with Crippen LogP contribution in [0.25, 0.3) is 0 Å². The summed E-state index contributed by atoms with van der Waals surface area (Å²) in [4.78, 5) is 0. The van der Waals surface area contributed by atoms with Gasteiger partial charge in [0.15, 0.2) is 0 Å². The van der Waals surface area contributed by atoms with Crippen LogP contribution in [-0.2, 0) is 6.54 Å². The van der Waals surface area contributed by atoms with E-state index < -0.39 is 0 Å². The van der Waals surface area contributed by atoms with Gasteiger partial charge in [-0.1, -0.05) is 24.6 Å². The lowest BCUT2D eigenvalue weighted by atomic mass is 9.92. The van der Waals surface area contributed by atoms with Crippen molar-refractivity contribution in [2.45, 2.75) is 47.1 Å². The Labute approximate surface area is 123 Å². The number of nitrogens with zero attached hydrogens (tertiary/aromatic N) is 1. The number of ether oxygens (including phenoxy) is 1. The second-order valence-electron chi connectivity index (χ2n) is 5.88. The molecule has 1 aromatic rings. The van der Waals surface area contributed by atoms with Crippen LogP contribution in [0.1, 0.15) is 44.7 Å². The Balaban J connectivity index is 2.62. The van der Waals surface area contributed by atoms with E-state index in [0.29, 0.717) is 6.61 Å². The summed E-state index contributed by atoms with van der Waals surface area (Å²) >= 11 is 0. The van der Waals surface area contributed by atoms with Gasteiger partial charge in [0.05, 0.1) is 18.1 Å². The average Bonchev–Trinajstić information content (AvgIpc) is 2.41. The van der Waals surface area contributed by atoms with E-state index in [0.717, 1.165) is 31.7 Å². The van der Waals surface area contributed by atoms with E-state index in [1.54, 1.807) is 0 Å². The number of benzene rings is 1. The third-order valence-corrected chi connectivity index (χ3v) is 3.25. The molecule has 3 heteroatoms. The van der Waals surface area contributed by atoms with E-state index in [1.165, 1.54) is 11.1 Å². The van der Waals surface area contributed by atoms with Crippen LogP contribution < -0.4 is 10.1 Å². The number of aryl methyl sites for hydroxylation is 1. The van der Waals surface area contributed by atoms with Gasteiger partial charge in [0.2, 0.25) is 0 Å². The highest BCUT2D eigenvalue weighted by Gasteiger charge is 2.16. The van der Waals surface area contributed by atoms with E-state index in [2.05, 4.69) is 37.4 Å². The zero-order valence-corrected chi connectivity index (χ0v) is 13.1. The van der Waals surface area contributed by atoms with Crippen molar-refractivity contribution in [3.63, 3.8) is 0 Å². The van der Waals surface area contributed by atoms with Gasteiger partial charge in [0.1, 0.15) is 5.75 Å². The third kappa shape index (κ3) is 5.63. The van der Waals surface area contributed by atoms with Crippen LogP contribution in [0, 0.1) is 23.7 Å². The molecule has 110 valence electrons. The third-order valence-electron chi connectivity index (χ3n) is 3.25.